The Bertz CT molecular complexity index is 1030. The minimum Gasteiger partial charge on any atom is -0.507 e. The molecule has 31 heavy (non-hydrogen) atoms. The average molecular weight is 424 g/mol. The third-order valence-electron chi connectivity index (χ3n) is 7.25. The fourth-order valence-electron chi connectivity index (χ4n) is 5.66. The second kappa shape index (κ2) is 7.24. The maximum Gasteiger partial charge on any atom is 0.339 e. The van der Waals surface area contributed by atoms with Gasteiger partial charge in [0.1, 0.15) is 22.7 Å². The molecule has 2 saturated heterocycles. The van der Waals surface area contributed by atoms with Crippen LogP contribution in [0, 0.1) is 12.8 Å². The van der Waals surface area contributed by atoms with Crippen LogP contribution < -0.4 is 4.74 Å². The quantitative estimate of drug-likeness (QED) is 0.767. The van der Waals surface area contributed by atoms with Crippen LogP contribution in [0.3, 0.4) is 0 Å². The molecule has 4 atom stereocenters. The highest BCUT2D eigenvalue weighted by Crippen LogP contribution is 2.52. The molecule has 6 nitrogen and oxygen atoms in total. The van der Waals surface area contributed by atoms with Crippen molar-refractivity contribution in [2.45, 2.75) is 64.0 Å². The molecule has 0 radical (unpaired) electrons. The maximum absolute atomic E-state index is 11.5. The molecule has 2 aromatic rings. The number of carboxylic acids is 1. The van der Waals surface area contributed by atoms with Crippen molar-refractivity contribution >= 4 is 5.97 Å². The van der Waals surface area contributed by atoms with E-state index in [4.69, 9.17) is 9.47 Å². The van der Waals surface area contributed by atoms with Gasteiger partial charge in [-0.1, -0.05) is 24.3 Å². The molecule has 0 saturated carbocycles. The van der Waals surface area contributed by atoms with E-state index >= 15 is 0 Å². The summed E-state index contributed by atoms with van der Waals surface area (Å²) in [7, 11) is 0. The minimum absolute atomic E-state index is 0.0377. The molecule has 3 aliphatic heterocycles. The number of fused-ring (bicyclic) bond motifs is 4. The Morgan fingerprint density at radius 1 is 1.26 bits per heavy atom. The topological polar surface area (TPSA) is 79.2 Å². The molecule has 5 rings (SSSR count). The molecule has 0 aliphatic carbocycles. The van der Waals surface area contributed by atoms with E-state index in [-0.39, 0.29) is 41.1 Å². The molecule has 0 amide bonds. The van der Waals surface area contributed by atoms with Crippen molar-refractivity contribution in [2.75, 3.05) is 6.54 Å². The van der Waals surface area contributed by atoms with Crippen molar-refractivity contribution in [1.29, 1.82) is 0 Å². The Balaban J connectivity index is 1.40. The number of nitrogens with zero attached hydrogens (tertiary/aromatic N) is 1. The Morgan fingerprint density at radius 3 is 2.81 bits per heavy atom. The first kappa shape index (κ1) is 20.3. The number of ether oxygens (including phenoxy) is 2. The fraction of sp³-hybridized carbons (Fsp3) is 0.480. The van der Waals surface area contributed by atoms with Crippen molar-refractivity contribution in [2.24, 2.45) is 5.92 Å². The summed E-state index contributed by atoms with van der Waals surface area (Å²) in [6.07, 6.45) is 2.12. The lowest BCUT2D eigenvalue weighted by Gasteiger charge is -2.50. The van der Waals surface area contributed by atoms with Crippen molar-refractivity contribution in [3.05, 3.63) is 58.7 Å². The number of para-hydroxylation sites is 1. The first-order valence-electron chi connectivity index (χ1n) is 11.0. The normalized spacial score (nSPS) is 28.9. The minimum atomic E-state index is -1.11. The molecule has 3 heterocycles. The van der Waals surface area contributed by atoms with Crippen LogP contribution in [0.2, 0.25) is 0 Å². The largest absolute Gasteiger partial charge is 0.507 e. The highest BCUT2D eigenvalue weighted by atomic mass is 16.5. The smallest absolute Gasteiger partial charge is 0.339 e. The number of rotatable bonds is 3. The molecular formula is C25H29NO5. The summed E-state index contributed by atoms with van der Waals surface area (Å²) in [5.74, 6) is -0.104. The summed E-state index contributed by atoms with van der Waals surface area (Å²) in [5.41, 5.74) is 2.27. The van der Waals surface area contributed by atoms with Crippen LogP contribution in [0.1, 0.15) is 59.8 Å². The lowest BCUT2D eigenvalue weighted by Crippen LogP contribution is -2.53. The highest BCUT2D eigenvalue weighted by molar-refractivity contribution is 5.91. The van der Waals surface area contributed by atoms with Gasteiger partial charge in [0.2, 0.25) is 0 Å². The van der Waals surface area contributed by atoms with Crippen LogP contribution in [0.25, 0.3) is 0 Å². The van der Waals surface area contributed by atoms with E-state index in [0.29, 0.717) is 12.1 Å². The van der Waals surface area contributed by atoms with Gasteiger partial charge in [-0.2, -0.15) is 0 Å². The lowest BCUT2D eigenvalue weighted by molar-refractivity contribution is -0.162. The van der Waals surface area contributed by atoms with Crippen LogP contribution in [-0.2, 0) is 11.3 Å². The molecular weight excluding hydrogens is 394 g/mol. The van der Waals surface area contributed by atoms with Gasteiger partial charge in [0.15, 0.2) is 0 Å². The molecule has 2 fully saturated rings. The van der Waals surface area contributed by atoms with Gasteiger partial charge in [-0.05, 0) is 56.9 Å². The second-order valence-corrected chi connectivity index (χ2v) is 9.62. The van der Waals surface area contributed by atoms with Crippen LogP contribution in [0.15, 0.2) is 36.4 Å². The second-order valence-electron chi connectivity index (χ2n) is 9.62. The Labute approximate surface area is 182 Å². The lowest BCUT2D eigenvalue weighted by atomic mass is 9.74. The Hall–Kier alpha value is -2.57. The molecule has 164 valence electrons. The Kier molecular flexibility index (Phi) is 4.75. The first-order valence-corrected chi connectivity index (χ1v) is 11.0. The van der Waals surface area contributed by atoms with Gasteiger partial charge in [-0.25, -0.2) is 4.79 Å². The molecule has 2 aromatic carbocycles. The molecule has 0 unspecified atom stereocenters. The van der Waals surface area contributed by atoms with Crippen LogP contribution in [0.5, 0.6) is 11.5 Å². The summed E-state index contributed by atoms with van der Waals surface area (Å²) >= 11 is 0. The number of aromatic hydroxyl groups is 1. The molecule has 0 spiro atoms. The summed E-state index contributed by atoms with van der Waals surface area (Å²) in [6, 6.07) is 11.9. The predicted octanol–water partition coefficient (Wildman–Crippen LogP) is 4.29. The number of benzene rings is 2. The third kappa shape index (κ3) is 3.38. The molecule has 0 aromatic heterocycles. The highest BCUT2D eigenvalue weighted by Gasteiger charge is 2.52. The zero-order valence-corrected chi connectivity index (χ0v) is 18.2. The van der Waals surface area contributed by atoms with E-state index in [0.717, 1.165) is 36.3 Å². The van der Waals surface area contributed by atoms with Gasteiger partial charge >= 0.3 is 5.97 Å². The van der Waals surface area contributed by atoms with E-state index < -0.39 is 5.97 Å². The van der Waals surface area contributed by atoms with Crippen molar-refractivity contribution in [3.8, 4) is 11.5 Å². The fourth-order valence-corrected chi connectivity index (χ4v) is 5.66. The van der Waals surface area contributed by atoms with E-state index in [1.54, 1.807) is 13.0 Å². The van der Waals surface area contributed by atoms with E-state index in [1.807, 2.05) is 24.3 Å². The molecule has 3 aliphatic rings. The number of phenols is 1. The zero-order valence-electron chi connectivity index (χ0n) is 18.2. The predicted molar refractivity (Wildman–Crippen MR) is 115 cm³/mol. The first-order chi connectivity index (χ1) is 14.7. The van der Waals surface area contributed by atoms with Gasteiger partial charge < -0.3 is 19.7 Å². The monoisotopic (exact) mass is 423 g/mol. The number of aromatic carboxylic acids is 1. The summed E-state index contributed by atoms with van der Waals surface area (Å²) in [6.45, 7) is 7.57. The van der Waals surface area contributed by atoms with Gasteiger partial charge in [0, 0.05) is 30.6 Å². The van der Waals surface area contributed by atoms with Gasteiger partial charge in [-0.15, -0.1) is 0 Å². The van der Waals surface area contributed by atoms with Gasteiger partial charge in [0.05, 0.1) is 12.2 Å². The number of carboxylic acid groups (broad SMARTS) is 1. The SMILES string of the molecule is Cc1cc(CN2CC[C@@H]3O[C@@H]4c5ccccc5OC(C)(C)[C@H]4C[C@H]32)cc(C(=O)O)c1O. The van der Waals surface area contributed by atoms with E-state index in [1.165, 1.54) is 0 Å². The number of likely N-dealkylation sites (tertiary alicyclic amines) is 1. The summed E-state index contributed by atoms with van der Waals surface area (Å²) in [4.78, 5) is 13.9. The average Bonchev–Trinajstić information content (AvgIpc) is 3.11. The maximum atomic E-state index is 11.5. The number of aryl methyl sites for hydroxylation is 1. The Morgan fingerprint density at radius 2 is 2.03 bits per heavy atom. The third-order valence-corrected chi connectivity index (χ3v) is 7.25. The summed E-state index contributed by atoms with van der Waals surface area (Å²) < 4.78 is 13.1. The van der Waals surface area contributed by atoms with Crippen molar-refractivity contribution in [1.82, 2.24) is 4.90 Å². The van der Waals surface area contributed by atoms with Gasteiger partial charge in [-0.3, -0.25) is 4.90 Å². The van der Waals surface area contributed by atoms with E-state index in [2.05, 4.69) is 24.8 Å². The van der Waals surface area contributed by atoms with Crippen molar-refractivity contribution in [3.63, 3.8) is 0 Å². The number of hydrogen-bond acceptors (Lipinski definition) is 5. The zero-order chi connectivity index (χ0) is 21.9. The molecule has 0 bridgehead atoms. The van der Waals surface area contributed by atoms with Crippen LogP contribution in [0.4, 0.5) is 0 Å². The number of carbonyl (C=O) groups is 1. The van der Waals surface area contributed by atoms with Gasteiger partial charge in [0.25, 0.3) is 0 Å². The van der Waals surface area contributed by atoms with Crippen LogP contribution >= 0.6 is 0 Å². The summed E-state index contributed by atoms with van der Waals surface area (Å²) in [5, 5.41) is 19.5. The van der Waals surface area contributed by atoms with E-state index in [9.17, 15) is 15.0 Å². The number of hydrogen-bond donors (Lipinski definition) is 2. The molecule has 2 N–H and O–H groups in total. The standard InChI is InChI=1S/C25H29NO5/c1-14-10-15(11-17(22(14)27)24(28)29)13-26-9-8-21-19(26)12-18-23(30-21)16-6-4-5-7-20(16)31-25(18,2)3/h4-7,10-11,18-19,21,23,27H,8-9,12-13H2,1-3H3,(H,28,29)/t18-,19+,21-,23+/m0/s1. The van der Waals surface area contributed by atoms with Crippen molar-refractivity contribution < 1.29 is 24.5 Å². The molecule has 6 heteroatoms. The van der Waals surface area contributed by atoms with Crippen LogP contribution in [-0.4, -0.2) is 45.4 Å².